The van der Waals surface area contributed by atoms with Gasteiger partial charge in [-0.25, -0.2) is 14.6 Å². The lowest BCUT2D eigenvalue weighted by Crippen LogP contribution is -2.40. The van der Waals surface area contributed by atoms with E-state index in [1.54, 1.807) is 18.2 Å². The summed E-state index contributed by atoms with van der Waals surface area (Å²) in [6.07, 6.45) is 5.28. The maximum Gasteiger partial charge on any atom is 0.295 e. The van der Waals surface area contributed by atoms with Gasteiger partial charge in [0.1, 0.15) is 17.9 Å². The minimum atomic E-state index is -0.598. The smallest absolute Gasteiger partial charge is 0.295 e. The van der Waals surface area contributed by atoms with E-state index >= 15 is 0 Å². The molecule has 0 saturated heterocycles. The molecule has 5 aromatic rings. The molecule has 0 radical (unpaired) electrons. The monoisotopic (exact) mass is 492 g/mol. The first-order chi connectivity index (χ1) is 18.0. The largest absolute Gasteiger partial charge is 0.494 e. The first-order valence-electron chi connectivity index (χ1n) is 12.0. The molecule has 0 spiro atoms. The molecule has 0 fully saturated rings. The van der Waals surface area contributed by atoms with Crippen LogP contribution in [0.3, 0.4) is 0 Å². The molecule has 0 aliphatic carbocycles. The summed E-state index contributed by atoms with van der Waals surface area (Å²) in [7, 11) is 1.50. The van der Waals surface area contributed by atoms with Gasteiger partial charge >= 0.3 is 0 Å². The Kier molecular flexibility index (Phi) is 5.52. The van der Waals surface area contributed by atoms with Crippen molar-refractivity contribution in [3.63, 3.8) is 0 Å². The Morgan fingerprint density at radius 3 is 2.65 bits per heavy atom. The van der Waals surface area contributed by atoms with Gasteiger partial charge in [-0.1, -0.05) is 48.5 Å². The normalized spacial score (nSPS) is 13.0. The Bertz CT molecular complexity index is 1650. The van der Waals surface area contributed by atoms with E-state index in [2.05, 4.69) is 38.2 Å². The number of amides is 1. The summed E-state index contributed by atoms with van der Waals surface area (Å²) in [6, 6.07) is 16.4. The van der Waals surface area contributed by atoms with Gasteiger partial charge in [0.15, 0.2) is 5.82 Å². The van der Waals surface area contributed by atoms with Crippen LogP contribution in [-0.4, -0.2) is 55.0 Å². The van der Waals surface area contributed by atoms with Gasteiger partial charge in [-0.3, -0.25) is 9.59 Å². The number of ether oxygens (including phenoxy) is 1. The lowest BCUT2D eigenvalue weighted by atomic mass is 9.90. The number of aromatic nitrogens is 5. The molecule has 184 valence electrons. The highest BCUT2D eigenvalue weighted by molar-refractivity contribution is 6.45. The van der Waals surface area contributed by atoms with Crippen LogP contribution in [0.2, 0.25) is 0 Å². The summed E-state index contributed by atoms with van der Waals surface area (Å²) in [5, 5.41) is 4.81. The standard InChI is InChI=1S/C28H24N6O3/c1-17-31-16-34(32-17)27-25-24(23(37-2)14-30-27)22(13-29-25)26(35)28(36)33-12-11-21-19(15-33)9-6-10-20(21)18-7-4-3-5-8-18/h3-10,13-14,16,29H,11-12,15H2,1-2H3. The van der Waals surface area contributed by atoms with E-state index in [0.29, 0.717) is 47.8 Å². The van der Waals surface area contributed by atoms with E-state index in [1.807, 2.05) is 30.3 Å². The fraction of sp³-hybridized carbons (Fsp3) is 0.179. The van der Waals surface area contributed by atoms with Crippen molar-refractivity contribution in [1.29, 1.82) is 0 Å². The minimum Gasteiger partial charge on any atom is -0.494 e. The summed E-state index contributed by atoms with van der Waals surface area (Å²) in [4.78, 5) is 40.3. The molecule has 37 heavy (non-hydrogen) atoms. The third-order valence-corrected chi connectivity index (χ3v) is 6.77. The third-order valence-electron chi connectivity index (χ3n) is 6.77. The highest BCUT2D eigenvalue weighted by atomic mass is 16.5. The number of fused-ring (bicyclic) bond motifs is 2. The van der Waals surface area contributed by atoms with Crippen molar-refractivity contribution in [3.05, 3.63) is 89.8 Å². The van der Waals surface area contributed by atoms with Crippen molar-refractivity contribution in [2.24, 2.45) is 0 Å². The van der Waals surface area contributed by atoms with E-state index in [9.17, 15) is 9.59 Å². The highest BCUT2D eigenvalue weighted by Crippen LogP contribution is 2.33. The van der Waals surface area contributed by atoms with Crippen LogP contribution in [0.1, 0.15) is 27.3 Å². The van der Waals surface area contributed by atoms with Crippen molar-refractivity contribution >= 4 is 22.6 Å². The molecule has 4 heterocycles. The van der Waals surface area contributed by atoms with Crippen LogP contribution < -0.4 is 4.74 Å². The number of pyridine rings is 1. The van der Waals surface area contributed by atoms with Crippen LogP contribution in [0.25, 0.3) is 27.8 Å². The van der Waals surface area contributed by atoms with Crippen molar-refractivity contribution in [1.82, 2.24) is 29.6 Å². The van der Waals surface area contributed by atoms with Crippen LogP contribution in [0.15, 0.2) is 67.3 Å². The number of H-pyrrole nitrogens is 1. The van der Waals surface area contributed by atoms with Crippen molar-refractivity contribution < 1.29 is 14.3 Å². The van der Waals surface area contributed by atoms with E-state index in [4.69, 9.17) is 4.74 Å². The Morgan fingerprint density at radius 2 is 1.89 bits per heavy atom. The predicted octanol–water partition coefficient (Wildman–Crippen LogP) is 3.90. The number of Topliss-reactive ketones (excluding diaryl/α,β-unsaturated/α-hetero) is 1. The second-order valence-corrected chi connectivity index (χ2v) is 8.95. The molecule has 2 aromatic carbocycles. The van der Waals surface area contributed by atoms with Gasteiger partial charge in [-0.2, -0.15) is 5.10 Å². The molecule has 0 bridgehead atoms. The molecular weight excluding hydrogens is 468 g/mol. The fourth-order valence-corrected chi connectivity index (χ4v) is 4.99. The Morgan fingerprint density at radius 1 is 1.05 bits per heavy atom. The average Bonchev–Trinajstić information content (AvgIpc) is 3.58. The van der Waals surface area contributed by atoms with Gasteiger partial charge in [0.2, 0.25) is 0 Å². The lowest BCUT2D eigenvalue weighted by Gasteiger charge is -2.29. The molecule has 0 unspecified atom stereocenters. The Labute approximate surface area is 212 Å². The topological polar surface area (TPSA) is 106 Å². The Hall–Kier alpha value is -4.79. The Balaban J connectivity index is 1.32. The maximum absolute atomic E-state index is 13.5. The van der Waals surface area contributed by atoms with Crippen LogP contribution >= 0.6 is 0 Å². The van der Waals surface area contributed by atoms with Crippen molar-refractivity contribution in [2.45, 2.75) is 19.9 Å². The number of aromatic amines is 1. The lowest BCUT2D eigenvalue weighted by molar-refractivity contribution is -0.127. The van der Waals surface area contributed by atoms with Crippen molar-refractivity contribution in [2.75, 3.05) is 13.7 Å². The minimum absolute atomic E-state index is 0.237. The number of rotatable bonds is 5. The summed E-state index contributed by atoms with van der Waals surface area (Å²) in [5.74, 6) is 0.296. The number of methoxy groups -OCH3 is 1. The summed E-state index contributed by atoms with van der Waals surface area (Å²) >= 11 is 0. The highest BCUT2D eigenvalue weighted by Gasteiger charge is 2.30. The molecule has 0 saturated carbocycles. The number of ketones is 1. The second-order valence-electron chi connectivity index (χ2n) is 8.95. The SMILES string of the molecule is COc1cnc(-n2cnc(C)n2)c2[nH]cc(C(=O)C(=O)N3CCc4c(cccc4-c4ccccc4)C3)c12. The van der Waals surface area contributed by atoms with Gasteiger partial charge in [-0.15, -0.1) is 0 Å². The van der Waals surface area contributed by atoms with Gasteiger partial charge in [0.05, 0.1) is 29.8 Å². The molecule has 9 nitrogen and oxygen atoms in total. The molecule has 9 heteroatoms. The van der Waals surface area contributed by atoms with Gasteiger partial charge in [-0.05, 0) is 35.6 Å². The average molecular weight is 493 g/mol. The van der Waals surface area contributed by atoms with E-state index < -0.39 is 11.7 Å². The van der Waals surface area contributed by atoms with Gasteiger partial charge in [0, 0.05) is 19.3 Å². The number of benzene rings is 2. The number of aryl methyl sites for hydroxylation is 1. The van der Waals surface area contributed by atoms with Gasteiger partial charge < -0.3 is 14.6 Å². The van der Waals surface area contributed by atoms with E-state index in [1.165, 1.54) is 35.3 Å². The fourth-order valence-electron chi connectivity index (χ4n) is 4.99. The van der Waals surface area contributed by atoms with Gasteiger partial charge in [0.25, 0.3) is 11.7 Å². The molecule has 0 atom stereocenters. The molecule has 1 amide bonds. The van der Waals surface area contributed by atoms with Crippen molar-refractivity contribution in [3.8, 4) is 22.7 Å². The predicted molar refractivity (Wildman–Crippen MR) is 138 cm³/mol. The zero-order valence-electron chi connectivity index (χ0n) is 20.4. The number of nitrogens with one attached hydrogen (secondary N) is 1. The second kappa shape index (κ2) is 9.02. The molecule has 1 aliphatic rings. The summed E-state index contributed by atoms with van der Waals surface area (Å²) in [6.45, 7) is 2.62. The quantitative estimate of drug-likeness (QED) is 0.295. The number of hydrogen-bond donors (Lipinski definition) is 1. The van der Waals surface area contributed by atoms with E-state index in [0.717, 1.165) is 11.1 Å². The molecule has 1 N–H and O–H groups in total. The van der Waals surface area contributed by atoms with Crippen LogP contribution in [0.5, 0.6) is 5.75 Å². The van der Waals surface area contributed by atoms with Crippen LogP contribution in [0, 0.1) is 6.92 Å². The number of nitrogens with zero attached hydrogens (tertiary/aromatic N) is 5. The zero-order valence-corrected chi connectivity index (χ0v) is 20.4. The molecule has 1 aliphatic heterocycles. The molecular formula is C28H24N6O3. The maximum atomic E-state index is 13.5. The zero-order chi connectivity index (χ0) is 25.5. The number of hydrogen-bond acceptors (Lipinski definition) is 6. The first-order valence-corrected chi connectivity index (χ1v) is 12.0. The van der Waals surface area contributed by atoms with Crippen LogP contribution in [0.4, 0.5) is 0 Å². The number of carbonyl (C=O) groups excluding carboxylic acids is 2. The van der Waals surface area contributed by atoms with E-state index in [-0.39, 0.29) is 5.56 Å². The van der Waals surface area contributed by atoms with Crippen LogP contribution in [-0.2, 0) is 17.8 Å². The number of carbonyl (C=O) groups is 2. The third kappa shape index (κ3) is 3.85. The summed E-state index contributed by atoms with van der Waals surface area (Å²) < 4.78 is 7.02. The molecule has 3 aromatic heterocycles. The summed E-state index contributed by atoms with van der Waals surface area (Å²) in [5.41, 5.74) is 5.36. The first kappa shape index (κ1) is 22.7. The molecule has 6 rings (SSSR count).